The average molecular weight is 903 g/mol. The summed E-state index contributed by atoms with van der Waals surface area (Å²) in [6, 6.07) is 49.6. The Kier molecular flexibility index (Phi) is 14.8. The Morgan fingerprint density at radius 2 is 0.392 bits per heavy atom. The topological polar surface area (TPSA) is 42.8 Å². The SMILES string of the molecule is Cc1ccc(P(=[OH+])(c2ccc(C)cc2)c2ccc(C)cc2)cc1.Cc1ccc(P(=[OH+])(c2ccc(C)cc2)c2ccc(C)cc2)cc1.[Cl][Sn]([Cl])([Cl])[Cl]. The second-order valence-corrected chi connectivity index (χ2v) is 43.8. The first kappa shape index (κ1) is 41.5. The Hall–Kier alpha value is -2.26. The predicted octanol–water partition coefficient (Wildman–Crippen LogP) is 10.8. The Labute approximate surface area is 322 Å². The van der Waals surface area contributed by atoms with Crippen LogP contribution >= 0.6 is 50.0 Å². The minimum atomic E-state index is -3.29. The van der Waals surface area contributed by atoms with Crippen molar-refractivity contribution in [2.24, 2.45) is 0 Å². The maximum absolute atomic E-state index is 11.8. The van der Waals surface area contributed by atoms with Gasteiger partial charge in [0, 0.05) is 0 Å². The van der Waals surface area contributed by atoms with Gasteiger partial charge in [-0.2, -0.15) is 0 Å². The third-order valence-electron chi connectivity index (χ3n) is 8.45. The normalized spacial score (nSPS) is 11.5. The van der Waals surface area contributed by atoms with Crippen molar-refractivity contribution in [3.63, 3.8) is 0 Å². The second-order valence-electron chi connectivity index (χ2n) is 12.7. The van der Waals surface area contributed by atoms with Crippen molar-refractivity contribution >= 4 is 95.7 Å². The van der Waals surface area contributed by atoms with E-state index in [0.29, 0.717) is 0 Å². The monoisotopic (exact) mass is 902 g/mol. The Bertz CT molecular complexity index is 1720. The van der Waals surface area contributed by atoms with Crippen LogP contribution in [-0.2, 0) is 0 Å². The van der Waals surface area contributed by atoms with Crippen LogP contribution in [0.15, 0.2) is 146 Å². The Morgan fingerprint density at radius 1 is 0.294 bits per heavy atom. The molecule has 0 fully saturated rings. The van der Waals surface area contributed by atoms with E-state index >= 15 is 0 Å². The van der Waals surface area contributed by atoms with Gasteiger partial charge in [0.15, 0.2) is 0 Å². The third-order valence-corrected chi connectivity index (χ3v) is 14.7. The molecule has 6 rings (SSSR count). The van der Waals surface area contributed by atoms with Gasteiger partial charge in [-0.15, -0.1) is 0 Å². The molecule has 264 valence electrons. The zero-order valence-corrected chi connectivity index (χ0v) is 37.3. The molecule has 0 bridgehead atoms. The summed E-state index contributed by atoms with van der Waals surface area (Å²) in [6.45, 7) is 12.4. The summed E-state index contributed by atoms with van der Waals surface area (Å²) < 4.78 is 23.6. The van der Waals surface area contributed by atoms with Crippen molar-refractivity contribution in [3.8, 4) is 0 Å². The molecule has 0 radical (unpaired) electrons. The van der Waals surface area contributed by atoms with Crippen molar-refractivity contribution in [2.75, 3.05) is 0 Å². The molecule has 9 heteroatoms. The van der Waals surface area contributed by atoms with E-state index < -0.39 is 28.2 Å². The van der Waals surface area contributed by atoms with E-state index in [1.165, 1.54) is 33.4 Å². The van der Waals surface area contributed by atoms with Crippen molar-refractivity contribution in [3.05, 3.63) is 179 Å². The standard InChI is InChI=1S/2C21H21OP.4ClH.Sn/c2*1-16-4-10-19(11-5-16)23(22,20-12-6-17(2)7-13-20)21-14-8-18(3)9-15-21;;;;;/h2*4-15H,1-3H3;4*1H;/q;;;;;;+4/p-2. The van der Waals surface area contributed by atoms with Crippen LogP contribution in [0.1, 0.15) is 33.4 Å². The maximum atomic E-state index is 11.8. The van der Waals surface area contributed by atoms with Gasteiger partial charge in [-0.3, -0.25) is 0 Å². The molecule has 0 aliphatic carbocycles. The third kappa shape index (κ3) is 11.4. The number of benzene rings is 6. The number of aryl methyl sites for hydroxylation is 6. The van der Waals surface area contributed by atoms with Gasteiger partial charge < -0.3 is 9.13 Å². The molecule has 0 aromatic heterocycles. The van der Waals surface area contributed by atoms with E-state index in [4.69, 9.17) is 35.7 Å². The van der Waals surface area contributed by atoms with Gasteiger partial charge in [-0.05, 0) is 114 Å². The molecule has 0 atom stereocenters. The minimum absolute atomic E-state index is 0.996. The van der Waals surface area contributed by atoms with Crippen molar-refractivity contribution in [2.45, 2.75) is 41.5 Å². The van der Waals surface area contributed by atoms with Gasteiger partial charge >= 0.3 is 63.8 Å². The fraction of sp³-hybridized carbons (Fsp3) is 0.143. The number of rotatable bonds is 6. The van der Waals surface area contributed by atoms with Crippen LogP contribution < -0.4 is 31.8 Å². The van der Waals surface area contributed by atoms with Crippen LogP contribution in [0.5, 0.6) is 0 Å². The van der Waals surface area contributed by atoms with Crippen LogP contribution in [0.4, 0.5) is 0 Å². The molecule has 0 unspecified atom stereocenters. The molecule has 2 nitrogen and oxygen atoms in total. The summed E-state index contributed by atoms with van der Waals surface area (Å²) in [5.41, 5.74) is 7.21. The summed E-state index contributed by atoms with van der Waals surface area (Å²) in [4.78, 5) is 0. The Balaban J connectivity index is 0.000000202. The molecule has 0 amide bonds. The van der Waals surface area contributed by atoms with E-state index in [9.17, 15) is 9.13 Å². The first-order chi connectivity index (χ1) is 24.0. The molecule has 51 heavy (non-hydrogen) atoms. The first-order valence-electron chi connectivity index (χ1n) is 16.4. The van der Waals surface area contributed by atoms with Gasteiger partial charge in [0.05, 0.1) is 31.8 Å². The molecule has 0 heterocycles. The van der Waals surface area contributed by atoms with Crippen LogP contribution in [0.25, 0.3) is 0 Å². The Morgan fingerprint density at radius 3 is 0.490 bits per heavy atom. The van der Waals surface area contributed by atoms with Gasteiger partial charge in [-0.1, -0.05) is 106 Å². The van der Waals surface area contributed by atoms with Crippen LogP contribution in [0.3, 0.4) is 0 Å². The van der Waals surface area contributed by atoms with Crippen molar-refractivity contribution in [1.29, 1.82) is 0 Å². The van der Waals surface area contributed by atoms with Gasteiger partial charge in [0.2, 0.25) is 0 Å². The molecule has 6 aromatic carbocycles. The fourth-order valence-electron chi connectivity index (χ4n) is 5.46. The second kappa shape index (κ2) is 18.2. The zero-order chi connectivity index (χ0) is 37.4. The van der Waals surface area contributed by atoms with E-state index in [1.807, 2.05) is 0 Å². The molecule has 0 saturated heterocycles. The summed E-state index contributed by atoms with van der Waals surface area (Å²) in [5, 5.41) is 5.98. The average Bonchev–Trinajstić information content (AvgIpc) is 3.09. The molecular formula is C42H44Cl4O2P2Sn+2. The molecule has 0 saturated carbocycles. The molecule has 0 aliphatic rings. The summed E-state index contributed by atoms with van der Waals surface area (Å²) in [5.74, 6) is 0. The molecule has 0 spiro atoms. The fourth-order valence-corrected chi connectivity index (χ4v) is 10.7. The molecular weight excluding hydrogens is 859 g/mol. The van der Waals surface area contributed by atoms with Crippen molar-refractivity contribution in [1.82, 2.24) is 0 Å². The van der Waals surface area contributed by atoms with E-state index in [1.54, 1.807) is 0 Å². The van der Waals surface area contributed by atoms with E-state index in [-0.39, 0.29) is 0 Å². The van der Waals surface area contributed by atoms with Crippen molar-refractivity contribution < 1.29 is 9.13 Å². The van der Waals surface area contributed by atoms with Crippen LogP contribution in [-0.4, -0.2) is 23.0 Å². The van der Waals surface area contributed by atoms with Crippen LogP contribution in [0, 0.1) is 41.5 Å². The van der Waals surface area contributed by atoms with Gasteiger partial charge in [-0.25, -0.2) is 0 Å². The molecule has 2 N–H and O–H groups in total. The quantitative estimate of drug-likeness (QED) is 0.0908. The van der Waals surface area contributed by atoms with E-state index in [2.05, 4.69) is 187 Å². The van der Waals surface area contributed by atoms with Crippen LogP contribution in [0.2, 0.25) is 0 Å². The predicted molar refractivity (Wildman–Crippen MR) is 232 cm³/mol. The van der Waals surface area contributed by atoms with E-state index in [0.717, 1.165) is 31.8 Å². The van der Waals surface area contributed by atoms with Gasteiger partial charge in [0.1, 0.15) is 0 Å². The number of halogens is 4. The number of hydrogen-bond acceptors (Lipinski definition) is 0. The summed E-state index contributed by atoms with van der Waals surface area (Å²) in [7, 11) is 15.0. The molecule has 0 aliphatic heterocycles. The summed E-state index contributed by atoms with van der Waals surface area (Å²) in [6.07, 6.45) is 0. The first-order valence-corrected chi connectivity index (χ1v) is 34.4. The summed E-state index contributed by atoms with van der Waals surface area (Å²) >= 11 is -3.29. The number of hydrogen-bond donors (Lipinski definition) is 0. The zero-order valence-electron chi connectivity index (χ0n) is 29.7. The molecule has 6 aromatic rings. The van der Waals surface area contributed by atoms with Gasteiger partial charge in [0.25, 0.3) is 0 Å².